The molecule has 4 atom stereocenters. The maximum Gasteiger partial charge on any atom is 0.0221 e. The van der Waals surface area contributed by atoms with Gasteiger partial charge in [-0.15, -0.1) is 0 Å². The van der Waals surface area contributed by atoms with E-state index in [9.17, 15) is 0 Å². The molecule has 1 aliphatic carbocycles. The fourth-order valence-electron chi connectivity index (χ4n) is 2.67. The standard InChI is InChI=1S/C16H36N4/c1-11(2)13(17)9-19-15-7-5-6-8-16(15)20-10-14(18)12(3)4/h11-16,19-20H,5-10,17-18H2,1-4H3/t13-,14-,15-,16-/m1/s1. The van der Waals surface area contributed by atoms with Gasteiger partial charge in [0.15, 0.2) is 0 Å². The van der Waals surface area contributed by atoms with Gasteiger partial charge in [0.1, 0.15) is 0 Å². The van der Waals surface area contributed by atoms with Gasteiger partial charge in [-0.1, -0.05) is 40.5 Å². The monoisotopic (exact) mass is 284 g/mol. The second-order valence-corrected chi connectivity index (χ2v) is 7.13. The van der Waals surface area contributed by atoms with Crippen molar-refractivity contribution in [3.05, 3.63) is 0 Å². The first-order valence-corrected chi connectivity index (χ1v) is 8.39. The molecule has 0 aromatic carbocycles. The molecule has 0 heterocycles. The number of nitrogens with one attached hydrogen (secondary N) is 2. The largest absolute Gasteiger partial charge is 0.326 e. The van der Waals surface area contributed by atoms with Gasteiger partial charge in [-0.05, 0) is 24.7 Å². The lowest BCUT2D eigenvalue weighted by atomic mass is 9.89. The molecule has 1 fully saturated rings. The van der Waals surface area contributed by atoms with Crippen molar-refractivity contribution in [3.8, 4) is 0 Å². The summed E-state index contributed by atoms with van der Waals surface area (Å²) in [4.78, 5) is 0. The van der Waals surface area contributed by atoms with Crippen LogP contribution in [0, 0.1) is 11.8 Å². The molecule has 0 aromatic rings. The fourth-order valence-corrected chi connectivity index (χ4v) is 2.67. The molecule has 4 nitrogen and oxygen atoms in total. The van der Waals surface area contributed by atoms with Crippen molar-refractivity contribution >= 4 is 0 Å². The van der Waals surface area contributed by atoms with Crippen LogP contribution >= 0.6 is 0 Å². The van der Waals surface area contributed by atoms with Gasteiger partial charge in [0.2, 0.25) is 0 Å². The Morgan fingerprint density at radius 3 is 1.45 bits per heavy atom. The maximum absolute atomic E-state index is 6.14. The van der Waals surface area contributed by atoms with Crippen LogP contribution in [0.5, 0.6) is 0 Å². The van der Waals surface area contributed by atoms with Crippen LogP contribution in [-0.4, -0.2) is 37.3 Å². The number of hydrogen-bond acceptors (Lipinski definition) is 4. The first-order chi connectivity index (χ1) is 9.41. The molecule has 0 amide bonds. The molecule has 6 N–H and O–H groups in total. The first-order valence-electron chi connectivity index (χ1n) is 8.39. The van der Waals surface area contributed by atoms with Crippen molar-refractivity contribution in [2.45, 2.75) is 77.5 Å². The lowest BCUT2D eigenvalue weighted by molar-refractivity contribution is 0.265. The fraction of sp³-hybridized carbons (Fsp3) is 1.00. The normalized spacial score (nSPS) is 27.0. The van der Waals surface area contributed by atoms with Gasteiger partial charge in [-0.3, -0.25) is 0 Å². The molecule has 1 aliphatic rings. The Morgan fingerprint density at radius 1 is 0.800 bits per heavy atom. The van der Waals surface area contributed by atoms with Gasteiger partial charge in [0.25, 0.3) is 0 Å². The van der Waals surface area contributed by atoms with E-state index in [1.165, 1.54) is 25.7 Å². The zero-order valence-electron chi connectivity index (χ0n) is 13.9. The van der Waals surface area contributed by atoms with E-state index >= 15 is 0 Å². The van der Waals surface area contributed by atoms with E-state index in [0.717, 1.165) is 13.1 Å². The Morgan fingerprint density at radius 2 is 1.15 bits per heavy atom. The summed E-state index contributed by atoms with van der Waals surface area (Å²) >= 11 is 0. The number of rotatable bonds is 8. The van der Waals surface area contributed by atoms with E-state index in [-0.39, 0.29) is 12.1 Å². The van der Waals surface area contributed by atoms with Crippen LogP contribution in [0.3, 0.4) is 0 Å². The number of hydrogen-bond donors (Lipinski definition) is 4. The lowest BCUT2D eigenvalue weighted by Crippen LogP contribution is -2.55. The van der Waals surface area contributed by atoms with Crippen LogP contribution in [0.1, 0.15) is 53.4 Å². The van der Waals surface area contributed by atoms with E-state index in [4.69, 9.17) is 11.5 Å². The molecule has 0 aromatic heterocycles. The minimum atomic E-state index is 0.246. The number of nitrogens with two attached hydrogens (primary N) is 2. The topological polar surface area (TPSA) is 76.1 Å². The summed E-state index contributed by atoms with van der Waals surface area (Å²) in [5.41, 5.74) is 12.3. The predicted molar refractivity (Wildman–Crippen MR) is 87.7 cm³/mol. The second-order valence-electron chi connectivity index (χ2n) is 7.13. The molecular formula is C16H36N4. The molecule has 4 heteroatoms. The highest BCUT2D eigenvalue weighted by atomic mass is 15.0. The van der Waals surface area contributed by atoms with Gasteiger partial charge in [-0.25, -0.2) is 0 Å². The maximum atomic E-state index is 6.14. The van der Waals surface area contributed by atoms with Gasteiger partial charge in [0.05, 0.1) is 0 Å². The van der Waals surface area contributed by atoms with E-state index in [2.05, 4.69) is 38.3 Å². The highest BCUT2D eigenvalue weighted by Crippen LogP contribution is 2.19. The second kappa shape index (κ2) is 8.98. The molecular weight excluding hydrogens is 248 g/mol. The summed E-state index contributed by atoms with van der Waals surface area (Å²) in [5.74, 6) is 1.07. The SMILES string of the molecule is CC(C)[C@H](N)CN[C@@H]1CCCC[C@H]1NC[C@@H](N)C(C)C. The molecule has 120 valence electrons. The Labute approximate surface area is 125 Å². The zero-order chi connectivity index (χ0) is 15.1. The highest BCUT2D eigenvalue weighted by Gasteiger charge is 2.25. The highest BCUT2D eigenvalue weighted by molar-refractivity contribution is 4.88. The molecule has 1 rings (SSSR count). The third kappa shape index (κ3) is 6.08. The first kappa shape index (κ1) is 17.9. The molecule has 0 unspecified atom stereocenters. The zero-order valence-corrected chi connectivity index (χ0v) is 13.9. The molecule has 0 spiro atoms. The average Bonchev–Trinajstić information content (AvgIpc) is 2.42. The Hall–Kier alpha value is -0.160. The predicted octanol–water partition coefficient (Wildman–Crippen LogP) is 1.44. The molecule has 20 heavy (non-hydrogen) atoms. The summed E-state index contributed by atoms with van der Waals surface area (Å²) in [6, 6.07) is 1.59. The van der Waals surface area contributed by atoms with Crippen LogP contribution in [-0.2, 0) is 0 Å². The van der Waals surface area contributed by atoms with Crippen molar-refractivity contribution in [2.24, 2.45) is 23.3 Å². The van der Waals surface area contributed by atoms with Crippen molar-refractivity contribution in [1.82, 2.24) is 10.6 Å². The van der Waals surface area contributed by atoms with E-state index in [1.807, 2.05) is 0 Å². The van der Waals surface area contributed by atoms with E-state index in [0.29, 0.717) is 23.9 Å². The Kier molecular flexibility index (Phi) is 8.03. The van der Waals surface area contributed by atoms with Crippen molar-refractivity contribution in [3.63, 3.8) is 0 Å². The molecule has 0 bridgehead atoms. The molecule has 1 saturated carbocycles. The summed E-state index contributed by atoms with van der Waals surface area (Å²) in [6.45, 7) is 10.6. The minimum Gasteiger partial charge on any atom is -0.326 e. The van der Waals surface area contributed by atoms with E-state index in [1.54, 1.807) is 0 Å². The third-order valence-corrected chi connectivity index (χ3v) is 4.71. The summed E-state index contributed by atoms with van der Waals surface area (Å²) in [5, 5.41) is 7.35. The average molecular weight is 284 g/mol. The summed E-state index contributed by atoms with van der Waals surface area (Å²) < 4.78 is 0. The molecule has 0 radical (unpaired) electrons. The van der Waals surface area contributed by atoms with Crippen LogP contribution in [0.25, 0.3) is 0 Å². The van der Waals surface area contributed by atoms with Crippen molar-refractivity contribution < 1.29 is 0 Å². The Bertz CT molecular complexity index is 229. The lowest BCUT2D eigenvalue weighted by Gasteiger charge is -2.35. The molecule has 0 saturated heterocycles. The van der Waals surface area contributed by atoms with Gasteiger partial charge in [-0.2, -0.15) is 0 Å². The van der Waals surface area contributed by atoms with Crippen LogP contribution in [0.2, 0.25) is 0 Å². The van der Waals surface area contributed by atoms with Crippen molar-refractivity contribution in [1.29, 1.82) is 0 Å². The summed E-state index contributed by atoms with van der Waals surface area (Å²) in [6.07, 6.45) is 5.14. The van der Waals surface area contributed by atoms with Crippen LogP contribution in [0.15, 0.2) is 0 Å². The third-order valence-electron chi connectivity index (χ3n) is 4.71. The van der Waals surface area contributed by atoms with Gasteiger partial charge < -0.3 is 22.1 Å². The molecule has 0 aliphatic heterocycles. The smallest absolute Gasteiger partial charge is 0.0221 e. The van der Waals surface area contributed by atoms with Gasteiger partial charge in [0, 0.05) is 37.3 Å². The minimum absolute atomic E-state index is 0.246. The summed E-state index contributed by atoms with van der Waals surface area (Å²) in [7, 11) is 0. The van der Waals surface area contributed by atoms with Gasteiger partial charge >= 0.3 is 0 Å². The Balaban J connectivity index is 2.37. The van der Waals surface area contributed by atoms with Crippen LogP contribution in [0.4, 0.5) is 0 Å². The van der Waals surface area contributed by atoms with E-state index < -0.39 is 0 Å². The van der Waals surface area contributed by atoms with Crippen molar-refractivity contribution in [2.75, 3.05) is 13.1 Å². The quantitative estimate of drug-likeness (QED) is 0.544. The van der Waals surface area contributed by atoms with Crippen LogP contribution < -0.4 is 22.1 Å².